The molecule has 0 amide bonds. The quantitative estimate of drug-likeness (QED) is 0.920. The van der Waals surface area contributed by atoms with E-state index < -0.39 is 0 Å². The van der Waals surface area contributed by atoms with E-state index in [1.165, 1.54) is 12.8 Å². The molecule has 1 unspecified atom stereocenters. The van der Waals surface area contributed by atoms with Gasteiger partial charge in [0.05, 0.1) is 5.69 Å². The number of hydrogen-bond donors (Lipinski definition) is 1. The van der Waals surface area contributed by atoms with Crippen LogP contribution in [0.1, 0.15) is 41.7 Å². The van der Waals surface area contributed by atoms with E-state index in [-0.39, 0.29) is 0 Å². The van der Waals surface area contributed by atoms with Gasteiger partial charge >= 0.3 is 0 Å². The third-order valence-corrected chi connectivity index (χ3v) is 3.68. The first-order valence-electron chi connectivity index (χ1n) is 6.87. The molecule has 1 saturated heterocycles. The van der Waals surface area contributed by atoms with Gasteiger partial charge < -0.3 is 9.51 Å². The normalized spacial score (nSPS) is 20.8. The average Bonchev–Trinajstić information content (AvgIpc) is 2.99. The second-order valence-corrected chi connectivity index (χ2v) is 5.45. The molecule has 1 aliphatic heterocycles. The van der Waals surface area contributed by atoms with Crippen molar-refractivity contribution in [1.82, 2.24) is 20.0 Å². The molecule has 3 rings (SSSR count). The largest absolute Gasteiger partial charge is 0.361 e. The summed E-state index contributed by atoms with van der Waals surface area (Å²) in [6, 6.07) is 2.01. The molecular formula is C14H20N4O. The zero-order valence-corrected chi connectivity index (χ0v) is 11.5. The second-order valence-electron chi connectivity index (χ2n) is 5.45. The Kier molecular flexibility index (Phi) is 3.38. The molecule has 1 fully saturated rings. The van der Waals surface area contributed by atoms with Gasteiger partial charge in [-0.15, -0.1) is 0 Å². The first-order chi connectivity index (χ1) is 9.20. The zero-order valence-electron chi connectivity index (χ0n) is 11.5. The number of imidazole rings is 1. The van der Waals surface area contributed by atoms with Crippen LogP contribution in [0.3, 0.4) is 0 Å². The molecule has 5 heteroatoms. The van der Waals surface area contributed by atoms with Gasteiger partial charge in [0.1, 0.15) is 11.6 Å². The fourth-order valence-corrected chi connectivity index (χ4v) is 2.78. The summed E-state index contributed by atoms with van der Waals surface area (Å²) in [4.78, 5) is 10.3. The highest BCUT2D eigenvalue weighted by Gasteiger charge is 2.23. The van der Waals surface area contributed by atoms with E-state index in [1.807, 2.05) is 19.2 Å². The number of nitrogens with zero attached hydrogens (tertiary/aromatic N) is 3. The highest BCUT2D eigenvalue weighted by Crippen LogP contribution is 2.25. The van der Waals surface area contributed by atoms with E-state index in [9.17, 15) is 0 Å². The van der Waals surface area contributed by atoms with Crippen LogP contribution in [0, 0.1) is 13.8 Å². The summed E-state index contributed by atoms with van der Waals surface area (Å²) in [5, 5.41) is 4.07. The Bertz CT molecular complexity index is 545. The number of hydrogen-bond acceptors (Lipinski definition) is 4. The molecule has 5 nitrogen and oxygen atoms in total. The maximum Gasteiger partial charge on any atom is 0.133 e. The molecule has 2 aromatic rings. The van der Waals surface area contributed by atoms with Crippen molar-refractivity contribution in [3.05, 3.63) is 35.2 Å². The van der Waals surface area contributed by atoms with Gasteiger partial charge in [0.25, 0.3) is 0 Å². The number of piperidine rings is 1. The molecule has 0 saturated carbocycles. The van der Waals surface area contributed by atoms with E-state index in [0.29, 0.717) is 5.92 Å². The SMILES string of the molecule is Cc1cnc(C2CCCN(Cc3cc(C)on3)C2)[nH]1. The van der Waals surface area contributed by atoms with E-state index in [1.54, 1.807) is 0 Å². The van der Waals surface area contributed by atoms with Crippen molar-refractivity contribution in [3.8, 4) is 0 Å². The Balaban J connectivity index is 1.64. The lowest BCUT2D eigenvalue weighted by Crippen LogP contribution is -2.34. The molecule has 3 heterocycles. The summed E-state index contributed by atoms with van der Waals surface area (Å²) < 4.78 is 5.13. The number of aromatic amines is 1. The van der Waals surface area contributed by atoms with Crippen molar-refractivity contribution in [2.24, 2.45) is 0 Å². The Morgan fingerprint density at radius 3 is 3.05 bits per heavy atom. The number of aryl methyl sites for hydroxylation is 2. The van der Waals surface area contributed by atoms with Crippen molar-refractivity contribution in [2.75, 3.05) is 13.1 Å². The summed E-state index contributed by atoms with van der Waals surface area (Å²) >= 11 is 0. The minimum Gasteiger partial charge on any atom is -0.361 e. The van der Waals surface area contributed by atoms with Crippen LogP contribution in [0.25, 0.3) is 0 Å². The smallest absolute Gasteiger partial charge is 0.133 e. The molecular weight excluding hydrogens is 240 g/mol. The topological polar surface area (TPSA) is 58.0 Å². The predicted molar refractivity (Wildman–Crippen MR) is 71.8 cm³/mol. The van der Waals surface area contributed by atoms with Crippen molar-refractivity contribution < 1.29 is 4.52 Å². The van der Waals surface area contributed by atoms with Gasteiger partial charge in [-0.25, -0.2) is 4.98 Å². The van der Waals surface area contributed by atoms with Gasteiger partial charge in [-0.3, -0.25) is 4.90 Å². The first-order valence-corrected chi connectivity index (χ1v) is 6.87. The lowest BCUT2D eigenvalue weighted by molar-refractivity contribution is 0.192. The third-order valence-electron chi connectivity index (χ3n) is 3.68. The molecule has 1 aliphatic rings. The molecule has 1 N–H and O–H groups in total. The predicted octanol–water partition coefficient (Wildman–Crippen LogP) is 2.39. The van der Waals surface area contributed by atoms with E-state index >= 15 is 0 Å². The van der Waals surface area contributed by atoms with Crippen LogP contribution in [0.15, 0.2) is 16.8 Å². The summed E-state index contributed by atoms with van der Waals surface area (Å²) in [6.45, 7) is 7.02. The number of aromatic nitrogens is 3. The van der Waals surface area contributed by atoms with Gasteiger partial charge in [-0.05, 0) is 33.2 Å². The minimum atomic E-state index is 0.510. The summed E-state index contributed by atoms with van der Waals surface area (Å²) in [7, 11) is 0. The van der Waals surface area contributed by atoms with Gasteiger partial charge in [0.15, 0.2) is 0 Å². The van der Waals surface area contributed by atoms with E-state index in [4.69, 9.17) is 4.52 Å². The highest BCUT2D eigenvalue weighted by molar-refractivity contribution is 5.07. The Hall–Kier alpha value is -1.62. The minimum absolute atomic E-state index is 0.510. The van der Waals surface area contributed by atoms with Crippen LogP contribution in [0.5, 0.6) is 0 Å². The van der Waals surface area contributed by atoms with E-state index in [2.05, 4.69) is 26.9 Å². The molecule has 102 valence electrons. The molecule has 0 aromatic carbocycles. The molecule has 0 spiro atoms. The fraction of sp³-hybridized carbons (Fsp3) is 0.571. The van der Waals surface area contributed by atoms with Crippen LogP contribution in [-0.4, -0.2) is 33.1 Å². The van der Waals surface area contributed by atoms with Crippen LogP contribution in [0.2, 0.25) is 0 Å². The number of likely N-dealkylation sites (tertiary alicyclic amines) is 1. The van der Waals surface area contributed by atoms with Gasteiger partial charge in [-0.2, -0.15) is 0 Å². The van der Waals surface area contributed by atoms with Crippen LogP contribution in [-0.2, 0) is 6.54 Å². The standard InChI is InChI=1S/C14H20N4O/c1-10-7-15-14(16-10)12-4-3-5-18(8-12)9-13-6-11(2)19-17-13/h6-7,12H,3-5,8-9H2,1-2H3,(H,15,16). The maximum absolute atomic E-state index is 5.13. The fourth-order valence-electron chi connectivity index (χ4n) is 2.78. The summed E-state index contributed by atoms with van der Waals surface area (Å²) in [6.07, 6.45) is 4.33. The monoisotopic (exact) mass is 260 g/mol. The molecule has 2 aromatic heterocycles. The molecule has 1 atom stereocenters. The average molecular weight is 260 g/mol. The van der Waals surface area contributed by atoms with Gasteiger partial charge in [0.2, 0.25) is 0 Å². The zero-order chi connectivity index (χ0) is 13.2. The molecule has 19 heavy (non-hydrogen) atoms. The second kappa shape index (κ2) is 5.17. The molecule has 0 bridgehead atoms. The molecule has 0 aliphatic carbocycles. The number of H-pyrrole nitrogens is 1. The number of rotatable bonds is 3. The number of nitrogens with one attached hydrogen (secondary N) is 1. The Morgan fingerprint density at radius 1 is 1.47 bits per heavy atom. The third kappa shape index (κ3) is 2.87. The lowest BCUT2D eigenvalue weighted by atomic mass is 9.97. The summed E-state index contributed by atoms with van der Waals surface area (Å²) in [5.41, 5.74) is 2.16. The van der Waals surface area contributed by atoms with Crippen molar-refractivity contribution in [3.63, 3.8) is 0 Å². The lowest BCUT2D eigenvalue weighted by Gasteiger charge is -2.31. The van der Waals surface area contributed by atoms with Crippen LogP contribution in [0.4, 0.5) is 0 Å². The van der Waals surface area contributed by atoms with Crippen LogP contribution >= 0.6 is 0 Å². The van der Waals surface area contributed by atoms with E-state index in [0.717, 1.165) is 42.6 Å². The Morgan fingerprint density at radius 2 is 2.37 bits per heavy atom. The van der Waals surface area contributed by atoms with Crippen molar-refractivity contribution >= 4 is 0 Å². The van der Waals surface area contributed by atoms with Crippen molar-refractivity contribution in [1.29, 1.82) is 0 Å². The van der Waals surface area contributed by atoms with Gasteiger partial charge in [-0.1, -0.05) is 5.16 Å². The first kappa shape index (κ1) is 12.4. The van der Waals surface area contributed by atoms with Crippen molar-refractivity contribution in [2.45, 2.75) is 39.2 Å². The maximum atomic E-state index is 5.13. The highest BCUT2D eigenvalue weighted by atomic mass is 16.5. The summed E-state index contributed by atoms with van der Waals surface area (Å²) in [5.74, 6) is 2.51. The van der Waals surface area contributed by atoms with Gasteiger partial charge in [0, 0.05) is 37.0 Å². The Labute approximate surface area is 113 Å². The van der Waals surface area contributed by atoms with Crippen LogP contribution < -0.4 is 0 Å². The molecule has 0 radical (unpaired) electrons.